The Morgan fingerprint density at radius 2 is 1.95 bits per heavy atom. The number of allylic oxidation sites excluding steroid dienone is 2. The second-order valence-electron chi connectivity index (χ2n) is 4.10. The summed E-state index contributed by atoms with van der Waals surface area (Å²) in [6.45, 7) is 2.22. The summed E-state index contributed by atoms with van der Waals surface area (Å²) in [5, 5.41) is 0. The highest BCUT2D eigenvalue weighted by Crippen LogP contribution is 2.24. The Balaban J connectivity index is 2.63. The summed E-state index contributed by atoms with van der Waals surface area (Å²) >= 11 is 3.29. The Hall–Kier alpha value is -1.35. The van der Waals surface area contributed by atoms with Crippen LogP contribution in [-0.2, 0) is 9.53 Å². The van der Waals surface area contributed by atoms with Crippen LogP contribution in [0.4, 0.5) is 0 Å². The average Bonchev–Trinajstić information content (AvgIpc) is 2.44. The number of benzene rings is 1. The number of hydrogen-bond donors (Lipinski definition) is 0. The van der Waals surface area contributed by atoms with E-state index in [0.29, 0.717) is 12.5 Å². The molecule has 1 aromatic carbocycles. The van der Waals surface area contributed by atoms with Crippen LogP contribution in [-0.4, -0.2) is 12.6 Å². The summed E-state index contributed by atoms with van der Waals surface area (Å²) in [6, 6.07) is 10.3. The number of carbonyl (C=O) groups is 1. The highest BCUT2D eigenvalue weighted by atomic mass is 79.9. The lowest BCUT2D eigenvalue weighted by molar-refractivity contribution is -0.137. The molecule has 1 rings (SSSR count). The summed E-state index contributed by atoms with van der Waals surface area (Å²) in [5.41, 5.74) is 1.28. The van der Waals surface area contributed by atoms with E-state index in [1.165, 1.54) is 11.6 Å². The molecule has 0 aromatic heterocycles. The van der Waals surface area contributed by atoms with Gasteiger partial charge in [-0.2, -0.15) is 0 Å². The molecule has 0 saturated carbocycles. The molecule has 0 radical (unpaired) electrons. The minimum absolute atomic E-state index is 0.273. The van der Waals surface area contributed by atoms with Crippen molar-refractivity contribution in [2.75, 3.05) is 6.61 Å². The van der Waals surface area contributed by atoms with E-state index < -0.39 is 0 Å². The van der Waals surface area contributed by atoms with Crippen molar-refractivity contribution < 1.29 is 9.53 Å². The van der Waals surface area contributed by atoms with E-state index in [9.17, 15) is 4.79 Å². The molecule has 0 N–H and O–H groups in total. The zero-order valence-corrected chi connectivity index (χ0v) is 12.7. The van der Waals surface area contributed by atoms with Gasteiger partial charge in [0, 0.05) is 6.08 Å². The molecule has 19 heavy (non-hydrogen) atoms. The number of rotatable bonds is 7. The molecular weight excluding hydrogens is 304 g/mol. The molecule has 102 valence electrons. The van der Waals surface area contributed by atoms with Crippen LogP contribution in [0.5, 0.6) is 0 Å². The van der Waals surface area contributed by atoms with Gasteiger partial charge in [-0.25, -0.2) is 4.79 Å². The van der Waals surface area contributed by atoms with Gasteiger partial charge < -0.3 is 4.74 Å². The van der Waals surface area contributed by atoms with Crippen molar-refractivity contribution in [3.8, 4) is 0 Å². The Morgan fingerprint density at radius 3 is 2.58 bits per heavy atom. The Morgan fingerprint density at radius 1 is 1.26 bits per heavy atom. The third kappa shape index (κ3) is 6.39. The Kier molecular flexibility index (Phi) is 7.91. The van der Waals surface area contributed by atoms with Gasteiger partial charge in [-0.3, -0.25) is 0 Å². The third-order valence-electron chi connectivity index (χ3n) is 2.74. The molecule has 0 saturated heterocycles. The lowest BCUT2D eigenvalue weighted by atomic mass is 9.92. The topological polar surface area (TPSA) is 26.3 Å². The SMILES string of the molecule is CCOC(=O)C=CCC(CC=CBr)c1ccccc1. The quantitative estimate of drug-likeness (QED) is 0.542. The highest BCUT2D eigenvalue weighted by molar-refractivity contribution is 9.11. The zero-order valence-electron chi connectivity index (χ0n) is 11.1. The maximum absolute atomic E-state index is 11.2. The van der Waals surface area contributed by atoms with Crippen molar-refractivity contribution in [2.24, 2.45) is 0 Å². The molecule has 0 heterocycles. The van der Waals surface area contributed by atoms with E-state index in [1.54, 1.807) is 6.92 Å². The van der Waals surface area contributed by atoms with Crippen LogP contribution in [0.15, 0.2) is 53.5 Å². The van der Waals surface area contributed by atoms with Crippen LogP contribution >= 0.6 is 15.9 Å². The number of esters is 1. The van der Waals surface area contributed by atoms with Gasteiger partial charge in [-0.15, -0.1) is 0 Å². The van der Waals surface area contributed by atoms with Crippen LogP contribution in [0.2, 0.25) is 0 Å². The van der Waals surface area contributed by atoms with Gasteiger partial charge in [0.05, 0.1) is 6.61 Å². The molecule has 1 unspecified atom stereocenters. The smallest absolute Gasteiger partial charge is 0.330 e. The second kappa shape index (κ2) is 9.56. The zero-order chi connectivity index (χ0) is 13.9. The van der Waals surface area contributed by atoms with Crippen molar-refractivity contribution in [1.29, 1.82) is 0 Å². The summed E-state index contributed by atoms with van der Waals surface area (Å²) in [7, 11) is 0. The van der Waals surface area contributed by atoms with Crippen LogP contribution in [0.1, 0.15) is 31.2 Å². The van der Waals surface area contributed by atoms with E-state index in [1.807, 2.05) is 29.3 Å². The van der Waals surface area contributed by atoms with Gasteiger partial charge in [0.1, 0.15) is 0 Å². The van der Waals surface area contributed by atoms with Crippen molar-refractivity contribution >= 4 is 21.9 Å². The van der Waals surface area contributed by atoms with Gasteiger partial charge in [0.25, 0.3) is 0 Å². The minimum Gasteiger partial charge on any atom is -0.463 e. The number of carbonyl (C=O) groups excluding carboxylic acids is 1. The van der Waals surface area contributed by atoms with Gasteiger partial charge >= 0.3 is 5.97 Å². The lowest BCUT2D eigenvalue weighted by Crippen LogP contribution is -2.00. The van der Waals surface area contributed by atoms with E-state index in [0.717, 1.165) is 12.8 Å². The second-order valence-corrected chi connectivity index (χ2v) is 4.62. The van der Waals surface area contributed by atoms with Crippen molar-refractivity contribution in [1.82, 2.24) is 0 Å². The minimum atomic E-state index is -0.273. The number of halogens is 1. The van der Waals surface area contributed by atoms with Gasteiger partial charge in [-0.1, -0.05) is 58.4 Å². The maximum atomic E-state index is 11.2. The molecule has 0 amide bonds. The molecule has 0 fully saturated rings. The van der Waals surface area contributed by atoms with Gasteiger partial charge in [0.2, 0.25) is 0 Å². The maximum Gasteiger partial charge on any atom is 0.330 e. The fraction of sp³-hybridized carbons (Fsp3) is 0.312. The molecule has 0 spiro atoms. The van der Waals surface area contributed by atoms with E-state index in [-0.39, 0.29) is 5.97 Å². The number of ether oxygens (including phenoxy) is 1. The third-order valence-corrected chi connectivity index (χ3v) is 3.12. The van der Waals surface area contributed by atoms with Crippen LogP contribution in [0, 0.1) is 0 Å². The monoisotopic (exact) mass is 322 g/mol. The first kappa shape index (κ1) is 15.7. The molecule has 2 nitrogen and oxygen atoms in total. The molecule has 1 atom stereocenters. The Labute approximate surface area is 123 Å². The molecule has 0 aliphatic carbocycles. The van der Waals surface area contributed by atoms with E-state index in [2.05, 4.69) is 34.1 Å². The summed E-state index contributed by atoms with van der Waals surface area (Å²) in [5.74, 6) is 0.103. The van der Waals surface area contributed by atoms with Gasteiger partial charge in [-0.05, 0) is 36.2 Å². The molecule has 0 aliphatic rings. The summed E-state index contributed by atoms with van der Waals surface area (Å²) in [6.07, 6.45) is 7.23. The predicted molar refractivity (Wildman–Crippen MR) is 82.3 cm³/mol. The van der Waals surface area contributed by atoms with Crippen molar-refractivity contribution in [3.05, 3.63) is 59.1 Å². The molecule has 0 bridgehead atoms. The molecule has 3 heteroatoms. The van der Waals surface area contributed by atoms with E-state index >= 15 is 0 Å². The first-order chi connectivity index (χ1) is 9.27. The standard InChI is InChI=1S/C16H19BrO2/c1-2-19-16(18)12-6-10-15(11-7-13-17)14-8-4-3-5-9-14/h3-9,12-13,15H,2,10-11H2,1H3. The van der Waals surface area contributed by atoms with Crippen LogP contribution in [0.25, 0.3) is 0 Å². The van der Waals surface area contributed by atoms with E-state index in [4.69, 9.17) is 4.74 Å². The summed E-state index contributed by atoms with van der Waals surface area (Å²) < 4.78 is 4.86. The largest absolute Gasteiger partial charge is 0.463 e. The number of hydrogen-bond acceptors (Lipinski definition) is 2. The Bertz CT molecular complexity index is 424. The van der Waals surface area contributed by atoms with Crippen LogP contribution < -0.4 is 0 Å². The first-order valence-electron chi connectivity index (χ1n) is 6.41. The fourth-order valence-corrected chi connectivity index (χ4v) is 2.04. The molecule has 1 aromatic rings. The fourth-order valence-electron chi connectivity index (χ4n) is 1.83. The first-order valence-corrected chi connectivity index (χ1v) is 7.33. The molecule has 0 aliphatic heterocycles. The van der Waals surface area contributed by atoms with Crippen molar-refractivity contribution in [2.45, 2.75) is 25.7 Å². The predicted octanol–water partition coefficient (Wildman–Crippen LogP) is 4.58. The summed E-state index contributed by atoms with van der Waals surface area (Å²) in [4.78, 5) is 13.1. The van der Waals surface area contributed by atoms with Crippen molar-refractivity contribution in [3.63, 3.8) is 0 Å². The highest BCUT2D eigenvalue weighted by Gasteiger charge is 2.08. The van der Waals surface area contributed by atoms with Gasteiger partial charge in [0.15, 0.2) is 0 Å². The normalized spacial score (nSPS) is 12.9. The van der Waals surface area contributed by atoms with Crippen LogP contribution in [0.3, 0.4) is 0 Å². The lowest BCUT2D eigenvalue weighted by Gasteiger charge is -2.13. The average molecular weight is 323 g/mol. The molecular formula is C16H19BrO2.